The minimum absolute atomic E-state index is 0.0717. The van der Waals surface area contributed by atoms with Crippen LogP contribution in [0.25, 0.3) is 0 Å². The van der Waals surface area contributed by atoms with E-state index in [2.05, 4.69) is 0 Å². The molecule has 2 nitrogen and oxygen atoms in total. The first-order valence-corrected chi connectivity index (χ1v) is 5.13. The minimum atomic E-state index is -0.956. The lowest BCUT2D eigenvalue weighted by Crippen LogP contribution is -2.06. The van der Waals surface area contributed by atoms with Crippen molar-refractivity contribution in [3.05, 3.63) is 28.8 Å². The summed E-state index contributed by atoms with van der Waals surface area (Å²) in [5.41, 5.74) is 0.586. The number of hydrogen-bond donors (Lipinski definition) is 0. The van der Waals surface area contributed by atoms with E-state index in [9.17, 15) is 9.18 Å². The van der Waals surface area contributed by atoms with E-state index in [1.54, 1.807) is 12.1 Å². The predicted molar refractivity (Wildman–Crippen MR) is 57.5 cm³/mol. The first kappa shape index (κ1) is 12.3. The molecule has 0 spiro atoms. The summed E-state index contributed by atoms with van der Waals surface area (Å²) in [7, 11) is 0. The number of hydrogen-bond acceptors (Lipinski definition) is 2. The van der Waals surface area contributed by atoms with Gasteiger partial charge in [0.15, 0.2) is 5.78 Å². The first-order valence-electron chi connectivity index (χ1n) is 4.22. The van der Waals surface area contributed by atoms with Crippen LogP contribution in [0.2, 0.25) is 5.02 Å². The van der Waals surface area contributed by atoms with Gasteiger partial charge in [0.25, 0.3) is 0 Å². The van der Waals surface area contributed by atoms with Crippen molar-refractivity contribution < 1.29 is 13.9 Å². The summed E-state index contributed by atoms with van der Waals surface area (Å²) in [4.78, 5) is 11.1. The molecule has 5 heteroatoms. The van der Waals surface area contributed by atoms with Crippen LogP contribution in [0, 0.1) is 0 Å². The van der Waals surface area contributed by atoms with Gasteiger partial charge in [-0.1, -0.05) is 17.7 Å². The highest BCUT2D eigenvalue weighted by molar-refractivity contribution is 6.30. The van der Waals surface area contributed by atoms with E-state index in [4.69, 9.17) is 27.9 Å². The van der Waals surface area contributed by atoms with E-state index in [0.29, 0.717) is 10.6 Å². The van der Waals surface area contributed by atoms with Crippen molar-refractivity contribution in [1.29, 1.82) is 0 Å². The van der Waals surface area contributed by atoms with Crippen LogP contribution in [0.5, 0.6) is 5.75 Å². The van der Waals surface area contributed by atoms with Gasteiger partial charge in [-0.3, -0.25) is 4.79 Å². The van der Waals surface area contributed by atoms with Crippen LogP contribution in [0.4, 0.5) is 4.39 Å². The van der Waals surface area contributed by atoms with E-state index >= 15 is 0 Å². The summed E-state index contributed by atoms with van der Waals surface area (Å²) >= 11 is 11.1. The van der Waals surface area contributed by atoms with E-state index in [1.165, 1.54) is 6.07 Å². The third-order valence-corrected chi connectivity index (χ3v) is 2.31. The summed E-state index contributed by atoms with van der Waals surface area (Å²) in [5.74, 6) is 0.0590. The fourth-order valence-corrected chi connectivity index (χ4v) is 1.38. The summed E-state index contributed by atoms with van der Waals surface area (Å²) in [6, 6.07) is 4.71. The Bertz CT molecular complexity index is 355. The summed E-state index contributed by atoms with van der Waals surface area (Å²) < 4.78 is 16.8. The van der Waals surface area contributed by atoms with Crippen LogP contribution in [-0.2, 0) is 11.2 Å². The second kappa shape index (κ2) is 5.93. The smallest absolute Gasteiger partial charge is 0.228 e. The van der Waals surface area contributed by atoms with E-state index in [-0.39, 0.29) is 23.8 Å². The maximum atomic E-state index is 12.0. The van der Waals surface area contributed by atoms with Gasteiger partial charge >= 0.3 is 0 Å². The molecule has 0 atom stereocenters. The lowest BCUT2D eigenvalue weighted by Gasteiger charge is -2.08. The predicted octanol–water partition coefficient (Wildman–Crippen LogP) is 3.00. The van der Waals surface area contributed by atoms with Crippen LogP contribution in [-0.4, -0.2) is 18.5 Å². The molecule has 0 heterocycles. The molecule has 0 aliphatic carbocycles. The molecule has 0 unspecified atom stereocenters. The van der Waals surface area contributed by atoms with Gasteiger partial charge in [0.05, 0.1) is 5.88 Å². The van der Waals surface area contributed by atoms with Crippen molar-refractivity contribution in [2.24, 2.45) is 0 Å². The van der Waals surface area contributed by atoms with Gasteiger partial charge in [0, 0.05) is 17.0 Å². The molecular weight excluding hydrogens is 242 g/mol. The average Bonchev–Trinajstić information content (AvgIpc) is 2.22. The molecule has 1 aromatic rings. The monoisotopic (exact) mass is 250 g/mol. The topological polar surface area (TPSA) is 26.3 Å². The minimum Gasteiger partial charge on any atom is -0.463 e. The van der Waals surface area contributed by atoms with Crippen molar-refractivity contribution in [2.75, 3.05) is 12.7 Å². The Hall–Kier alpha value is -0.800. The third kappa shape index (κ3) is 3.68. The molecule has 0 saturated carbocycles. The van der Waals surface area contributed by atoms with Gasteiger partial charge in [0.1, 0.15) is 5.75 Å². The Morgan fingerprint density at radius 3 is 2.80 bits per heavy atom. The van der Waals surface area contributed by atoms with Crippen LogP contribution in [0.15, 0.2) is 18.2 Å². The zero-order valence-electron chi connectivity index (χ0n) is 7.80. The lowest BCUT2D eigenvalue weighted by atomic mass is 10.1. The van der Waals surface area contributed by atoms with Crippen molar-refractivity contribution in [3.8, 4) is 5.75 Å². The molecule has 0 aromatic heterocycles. The quantitative estimate of drug-likeness (QED) is 0.752. The number of rotatable bonds is 5. The Balaban J connectivity index is 2.89. The highest BCUT2D eigenvalue weighted by Crippen LogP contribution is 2.24. The molecule has 82 valence electrons. The molecule has 0 amide bonds. The van der Waals surface area contributed by atoms with Gasteiger partial charge in [-0.25, -0.2) is 4.39 Å². The van der Waals surface area contributed by atoms with Crippen LogP contribution in [0.3, 0.4) is 0 Å². The summed E-state index contributed by atoms with van der Waals surface area (Å²) in [6.07, 6.45) is 0.121. The second-order valence-electron chi connectivity index (χ2n) is 2.85. The number of alkyl halides is 2. The Morgan fingerprint density at radius 2 is 2.20 bits per heavy atom. The normalized spacial score (nSPS) is 10.1. The van der Waals surface area contributed by atoms with Crippen LogP contribution in [0.1, 0.15) is 5.56 Å². The zero-order valence-corrected chi connectivity index (χ0v) is 9.32. The second-order valence-corrected chi connectivity index (χ2v) is 3.56. The maximum Gasteiger partial charge on any atom is 0.228 e. The fraction of sp³-hybridized carbons (Fsp3) is 0.300. The molecule has 0 bridgehead atoms. The summed E-state index contributed by atoms with van der Waals surface area (Å²) in [5, 5.41) is 0.431. The highest BCUT2D eigenvalue weighted by Gasteiger charge is 2.09. The zero-order chi connectivity index (χ0) is 11.3. The average molecular weight is 251 g/mol. The molecule has 0 aliphatic rings. The SMILES string of the molecule is O=C(CCl)Cc1ccc(Cl)cc1OCF. The molecule has 0 aliphatic heterocycles. The third-order valence-electron chi connectivity index (χ3n) is 1.78. The highest BCUT2D eigenvalue weighted by atomic mass is 35.5. The fourth-order valence-electron chi connectivity index (χ4n) is 1.13. The lowest BCUT2D eigenvalue weighted by molar-refractivity contribution is -0.116. The number of Topliss-reactive ketones (excluding diaryl/α,β-unsaturated/α-hetero) is 1. The number of carbonyl (C=O) groups is 1. The number of ketones is 1. The molecular formula is C10H9Cl2FO2. The number of ether oxygens (including phenoxy) is 1. The van der Waals surface area contributed by atoms with Crippen LogP contribution >= 0.6 is 23.2 Å². The molecule has 1 rings (SSSR count). The molecule has 0 saturated heterocycles. The van der Waals surface area contributed by atoms with E-state index in [1.807, 2.05) is 0 Å². The van der Waals surface area contributed by atoms with Crippen molar-refractivity contribution >= 4 is 29.0 Å². The van der Waals surface area contributed by atoms with E-state index in [0.717, 1.165) is 0 Å². The molecule has 15 heavy (non-hydrogen) atoms. The van der Waals surface area contributed by atoms with E-state index < -0.39 is 6.86 Å². The van der Waals surface area contributed by atoms with Gasteiger partial charge < -0.3 is 4.74 Å². The van der Waals surface area contributed by atoms with Gasteiger partial charge in [0.2, 0.25) is 6.86 Å². The molecule has 0 N–H and O–H groups in total. The van der Waals surface area contributed by atoms with Crippen LogP contribution < -0.4 is 4.74 Å². The summed E-state index contributed by atoms with van der Waals surface area (Å²) in [6.45, 7) is -0.956. The number of benzene rings is 1. The van der Waals surface area contributed by atoms with Gasteiger partial charge in [-0.05, 0) is 12.1 Å². The molecule has 0 radical (unpaired) electrons. The first-order chi connectivity index (χ1) is 7.17. The Morgan fingerprint density at radius 1 is 1.47 bits per heavy atom. The van der Waals surface area contributed by atoms with Crippen molar-refractivity contribution in [1.82, 2.24) is 0 Å². The number of halogens is 3. The Kier molecular flexibility index (Phi) is 4.85. The standard InChI is InChI=1S/C10H9Cl2FO2/c11-5-9(14)3-7-1-2-8(12)4-10(7)15-6-13/h1-2,4H,3,5-6H2. The van der Waals surface area contributed by atoms with Gasteiger partial charge in [-0.15, -0.1) is 11.6 Å². The van der Waals surface area contributed by atoms with Gasteiger partial charge in [-0.2, -0.15) is 0 Å². The molecule has 1 aromatic carbocycles. The van der Waals surface area contributed by atoms with Crippen molar-refractivity contribution in [2.45, 2.75) is 6.42 Å². The van der Waals surface area contributed by atoms with Crippen molar-refractivity contribution in [3.63, 3.8) is 0 Å². The maximum absolute atomic E-state index is 12.0. The molecule has 0 fully saturated rings. The largest absolute Gasteiger partial charge is 0.463 e. The Labute approximate surface area is 96.9 Å². The number of carbonyl (C=O) groups excluding carboxylic acids is 1.